The van der Waals surface area contributed by atoms with Crippen LogP contribution in [-0.2, 0) is 11.0 Å². The number of anilines is 1. The summed E-state index contributed by atoms with van der Waals surface area (Å²) in [6, 6.07) is 31.1. The molecule has 6 rings (SSSR count). The zero-order valence-corrected chi connectivity index (χ0v) is 24.0. The summed E-state index contributed by atoms with van der Waals surface area (Å²) >= 11 is 0. The maximum Gasteiger partial charge on any atom is 0.251 e. The third-order valence-electron chi connectivity index (χ3n) is 7.28. The van der Waals surface area contributed by atoms with Crippen LogP contribution < -0.4 is 9.62 Å². The highest BCUT2D eigenvalue weighted by molar-refractivity contribution is 7.86. The molecule has 0 spiro atoms. The third-order valence-corrected chi connectivity index (χ3v) is 8.70. The van der Waals surface area contributed by atoms with Gasteiger partial charge in [-0.25, -0.2) is 13.6 Å². The van der Waals surface area contributed by atoms with Gasteiger partial charge in [0, 0.05) is 52.8 Å². The van der Waals surface area contributed by atoms with Crippen LogP contribution in [-0.4, -0.2) is 33.7 Å². The van der Waals surface area contributed by atoms with Crippen molar-refractivity contribution in [1.82, 2.24) is 15.3 Å². The fraction of sp³-hybridized carbons (Fsp3) is 0.0882. The van der Waals surface area contributed by atoms with E-state index in [1.807, 2.05) is 72.9 Å². The Balaban J connectivity index is 1.48. The molecule has 0 bridgehead atoms. The number of hydrogen-bond donors (Lipinski definition) is 2. The molecule has 212 valence electrons. The first kappa shape index (κ1) is 27.8. The fourth-order valence-electron chi connectivity index (χ4n) is 5.13. The Labute approximate surface area is 250 Å². The lowest BCUT2D eigenvalue weighted by molar-refractivity contribution is 0.0954. The van der Waals surface area contributed by atoms with Crippen LogP contribution in [0.15, 0.2) is 108 Å². The molecule has 0 fully saturated rings. The van der Waals surface area contributed by atoms with E-state index in [2.05, 4.69) is 10.3 Å². The number of H-pyrrole nitrogens is 1. The van der Waals surface area contributed by atoms with Gasteiger partial charge in [-0.1, -0.05) is 54.6 Å². The molecule has 7 nitrogen and oxygen atoms in total. The van der Waals surface area contributed by atoms with Crippen LogP contribution in [0.4, 0.5) is 10.1 Å². The lowest BCUT2D eigenvalue weighted by Gasteiger charge is -2.19. The highest BCUT2D eigenvalue weighted by Gasteiger charge is 2.20. The molecule has 2 heterocycles. The number of pyridine rings is 1. The smallest absolute Gasteiger partial charge is 0.251 e. The van der Waals surface area contributed by atoms with E-state index in [4.69, 9.17) is 10.2 Å². The summed E-state index contributed by atoms with van der Waals surface area (Å²) < 4.78 is 29.3. The SMILES string of the molecule is CN(c1ccc2[nH]c3ncc(-c4ccc(C(=O)NCCC#N)cc4)c(-c4ccccc4)c3c2c1)S(=O)c1ccccc1F. The van der Waals surface area contributed by atoms with Crippen LogP contribution >= 0.6 is 0 Å². The molecule has 4 aromatic carbocycles. The van der Waals surface area contributed by atoms with Crippen molar-refractivity contribution in [2.24, 2.45) is 0 Å². The van der Waals surface area contributed by atoms with Gasteiger partial charge in [0.15, 0.2) is 11.0 Å². The molecule has 2 aromatic heterocycles. The maximum atomic E-state index is 14.4. The molecular weight excluding hydrogens is 561 g/mol. The van der Waals surface area contributed by atoms with Crippen molar-refractivity contribution >= 4 is 44.5 Å². The van der Waals surface area contributed by atoms with Crippen molar-refractivity contribution in [2.75, 3.05) is 17.9 Å². The van der Waals surface area contributed by atoms with Crippen molar-refractivity contribution in [3.63, 3.8) is 0 Å². The molecule has 0 aliphatic carbocycles. The number of fused-ring (bicyclic) bond motifs is 3. The second-order valence-corrected chi connectivity index (χ2v) is 11.4. The highest BCUT2D eigenvalue weighted by Crippen LogP contribution is 2.41. The summed E-state index contributed by atoms with van der Waals surface area (Å²) in [6.07, 6.45) is 2.07. The fourth-order valence-corrected chi connectivity index (χ4v) is 6.16. The van der Waals surface area contributed by atoms with Crippen molar-refractivity contribution < 1.29 is 13.4 Å². The molecule has 0 radical (unpaired) electrons. The van der Waals surface area contributed by atoms with Gasteiger partial charge in [-0.15, -0.1) is 0 Å². The van der Waals surface area contributed by atoms with E-state index in [1.54, 1.807) is 35.6 Å². The molecule has 1 unspecified atom stereocenters. The van der Waals surface area contributed by atoms with Gasteiger partial charge in [0.2, 0.25) is 0 Å². The van der Waals surface area contributed by atoms with E-state index in [1.165, 1.54) is 12.1 Å². The lowest BCUT2D eigenvalue weighted by atomic mass is 9.92. The van der Waals surface area contributed by atoms with E-state index in [-0.39, 0.29) is 17.2 Å². The summed E-state index contributed by atoms with van der Waals surface area (Å²) in [5.74, 6) is -0.758. The monoisotopic (exact) mass is 587 g/mol. The zero-order valence-electron chi connectivity index (χ0n) is 23.2. The van der Waals surface area contributed by atoms with Crippen LogP contribution in [0.3, 0.4) is 0 Å². The Morgan fingerprint density at radius 2 is 1.74 bits per heavy atom. The third kappa shape index (κ3) is 5.36. The van der Waals surface area contributed by atoms with Crippen molar-refractivity contribution in [2.45, 2.75) is 11.3 Å². The highest BCUT2D eigenvalue weighted by atomic mass is 32.2. The van der Waals surface area contributed by atoms with Gasteiger partial charge >= 0.3 is 0 Å². The van der Waals surface area contributed by atoms with Gasteiger partial charge in [0.25, 0.3) is 5.91 Å². The average Bonchev–Trinajstić information content (AvgIpc) is 3.42. The van der Waals surface area contributed by atoms with Crippen molar-refractivity contribution in [1.29, 1.82) is 5.26 Å². The van der Waals surface area contributed by atoms with Gasteiger partial charge in [-0.2, -0.15) is 5.26 Å². The molecule has 1 atom stereocenters. The summed E-state index contributed by atoms with van der Waals surface area (Å²) in [4.78, 5) is 20.8. The largest absolute Gasteiger partial charge is 0.351 e. The van der Waals surface area contributed by atoms with Crippen LogP contribution in [0.2, 0.25) is 0 Å². The summed E-state index contributed by atoms with van der Waals surface area (Å²) in [5, 5.41) is 13.3. The van der Waals surface area contributed by atoms with Gasteiger partial charge in [0.1, 0.15) is 11.5 Å². The van der Waals surface area contributed by atoms with Gasteiger partial charge in [-0.05, 0) is 53.6 Å². The normalized spacial score (nSPS) is 11.7. The van der Waals surface area contributed by atoms with Crippen molar-refractivity contribution in [3.8, 4) is 28.3 Å². The predicted octanol–water partition coefficient (Wildman–Crippen LogP) is 6.99. The van der Waals surface area contributed by atoms with Gasteiger partial charge < -0.3 is 10.3 Å². The minimum absolute atomic E-state index is 0.111. The number of carbonyl (C=O) groups excluding carboxylic acids is 1. The Hall–Kier alpha value is -5.33. The molecule has 9 heteroatoms. The number of nitriles is 1. The molecule has 0 aliphatic heterocycles. The van der Waals surface area contributed by atoms with Crippen LogP contribution in [0.1, 0.15) is 16.8 Å². The van der Waals surface area contributed by atoms with Gasteiger partial charge in [0.05, 0.1) is 23.1 Å². The van der Waals surface area contributed by atoms with E-state index in [0.29, 0.717) is 23.4 Å². The number of amides is 1. The number of benzene rings is 4. The quantitative estimate of drug-likeness (QED) is 0.187. The minimum atomic E-state index is -1.76. The standard InChI is InChI=1S/C34H26FN5O2S/c1-40(43(42)30-11-6-5-10-28(30)35)25-16-17-29-26(20-25)32-31(23-8-3-2-4-9-23)27(21-38-33(32)39-29)22-12-14-24(15-13-22)34(41)37-19-7-18-36/h2-6,8-17,20-21H,7,19H2,1H3,(H,37,41)(H,38,39). The van der Waals surface area contributed by atoms with Crippen LogP contribution in [0, 0.1) is 17.1 Å². The van der Waals surface area contributed by atoms with Gasteiger partial charge in [-0.3, -0.25) is 9.10 Å². The summed E-state index contributed by atoms with van der Waals surface area (Å²) in [7, 11) is -0.0770. The molecule has 6 aromatic rings. The first-order valence-electron chi connectivity index (χ1n) is 13.6. The van der Waals surface area contributed by atoms with Crippen molar-refractivity contribution in [3.05, 3.63) is 115 Å². The van der Waals surface area contributed by atoms with E-state index in [0.717, 1.165) is 38.5 Å². The molecule has 0 aliphatic rings. The van der Waals surface area contributed by atoms with E-state index < -0.39 is 16.8 Å². The topological polar surface area (TPSA) is 102 Å². The Morgan fingerprint density at radius 3 is 2.49 bits per heavy atom. The first-order valence-corrected chi connectivity index (χ1v) is 14.7. The van der Waals surface area contributed by atoms with Crippen LogP contribution in [0.25, 0.3) is 44.2 Å². The minimum Gasteiger partial charge on any atom is -0.351 e. The van der Waals surface area contributed by atoms with E-state index in [9.17, 15) is 13.4 Å². The number of carbonyl (C=O) groups is 1. The second kappa shape index (κ2) is 11.9. The Kier molecular flexibility index (Phi) is 7.69. The average molecular weight is 588 g/mol. The summed E-state index contributed by atoms with van der Waals surface area (Å²) in [5.41, 5.74) is 6.41. The number of aromatic amines is 1. The number of rotatable bonds is 8. The number of nitrogens with zero attached hydrogens (tertiary/aromatic N) is 3. The maximum absolute atomic E-state index is 14.4. The molecule has 2 N–H and O–H groups in total. The van der Waals surface area contributed by atoms with Crippen LogP contribution in [0.5, 0.6) is 0 Å². The number of aromatic nitrogens is 2. The molecule has 43 heavy (non-hydrogen) atoms. The second-order valence-electron chi connectivity index (χ2n) is 9.91. The summed E-state index contributed by atoms with van der Waals surface area (Å²) in [6.45, 7) is 0.293. The number of nitrogens with one attached hydrogen (secondary N) is 2. The zero-order chi connectivity index (χ0) is 29.9. The number of hydrogen-bond acceptors (Lipinski definition) is 4. The first-order chi connectivity index (χ1) is 21.0. The molecule has 0 saturated heterocycles. The van der Waals surface area contributed by atoms with E-state index >= 15 is 0 Å². The lowest BCUT2D eigenvalue weighted by Crippen LogP contribution is -2.24. The Bertz CT molecular complexity index is 2030. The predicted molar refractivity (Wildman–Crippen MR) is 168 cm³/mol. The molecule has 1 amide bonds. The molecular formula is C34H26FN5O2S. The number of halogens is 1. The Morgan fingerprint density at radius 1 is 1.00 bits per heavy atom. The molecule has 0 saturated carbocycles.